The zero-order chi connectivity index (χ0) is 15.0. The number of hydrogen-bond acceptors (Lipinski definition) is 3. The van der Waals surface area contributed by atoms with Crippen molar-refractivity contribution in [3.63, 3.8) is 0 Å². The van der Waals surface area contributed by atoms with E-state index in [2.05, 4.69) is 31.3 Å². The van der Waals surface area contributed by atoms with Crippen molar-refractivity contribution in [2.24, 2.45) is 0 Å². The van der Waals surface area contributed by atoms with E-state index in [1.165, 1.54) is 0 Å². The molecule has 5 nitrogen and oxygen atoms in total. The maximum Gasteiger partial charge on any atom is 0.274 e. The van der Waals surface area contributed by atoms with Gasteiger partial charge in [0, 0.05) is 16.2 Å². The molecule has 3 rings (SSSR count). The number of para-hydroxylation sites is 1. The van der Waals surface area contributed by atoms with Crippen LogP contribution in [0.15, 0.2) is 40.9 Å². The second-order valence-electron chi connectivity index (χ2n) is 4.77. The minimum Gasteiger partial charge on any atom is -0.320 e. The van der Waals surface area contributed by atoms with Crippen LogP contribution in [-0.2, 0) is 0 Å². The standard InChI is InChI=1S/C15H13BrN4O/c1-9-7-14-17-13(8-10(2)20(14)19-9)15(21)18-12-6-4-3-5-11(12)16/h3-8H,1-2H3,(H,18,21). The molecule has 106 valence electrons. The molecule has 0 fully saturated rings. The first-order valence-corrected chi connectivity index (χ1v) is 7.24. The molecule has 0 spiro atoms. The lowest BCUT2D eigenvalue weighted by Gasteiger charge is -2.08. The predicted molar refractivity (Wildman–Crippen MR) is 84.6 cm³/mol. The van der Waals surface area contributed by atoms with Gasteiger partial charge in [-0.05, 0) is 48.0 Å². The Kier molecular flexibility index (Phi) is 3.47. The lowest BCUT2D eigenvalue weighted by atomic mass is 10.3. The van der Waals surface area contributed by atoms with Crippen LogP contribution >= 0.6 is 15.9 Å². The molecule has 3 aromatic rings. The number of nitrogens with one attached hydrogen (secondary N) is 1. The summed E-state index contributed by atoms with van der Waals surface area (Å²) >= 11 is 3.41. The smallest absolute Gasteiger partial charge is 0.274 e. The molecule has 1 aromatic carbocycles. The van der Waals surface area contributed by atoms with E-state index >= 15 is 0 Å². The van der Waals surface area contributed by atoms with E-state index in [4.69, 9.17) is 0 Å². The van der Waals surface area contributed by atoms with Crippen molar-refractivity contribution in [3.05, 3.63) is 58.0 Å². The molecule has 0 saturated heterocycles. The summed E-state index contributed by atoms with van der Waals surface area (Å²) in [5, 5.41) is 7.17. The highest BCUT2D eigenvalue weighted by Crippen LogP contribution is 2.22. The van der Waals surface area contributed by atoms with Gasteiger partial charge in [-0.2, -0.15) is 5.10 Å². The Bertz CT molecular complexity index is 841. The molecular weight excluding hydrogens is 332 g/mol. The minimum atomic E-state index is -0.244. The average Bonchev–Trinajstić information content (AvgIpc) is 2.82. The van der Waals surface area contributed by atoms with Crippen LogP contribution in [0.5, 0.6) is 0 Å². The van der Waals surface area contributed by atoms with Gasteiger partial charge < -0.3 is 5.32 Å². The Balaban J connectivity index is 1.96. The first kappa shape index (κ1) is 13.8. The summed E-state index contributed by atoms with van der Waals surface area (Å²) in [5.41, 5.74) is 3.49. The molecule has 2 heterocycles. The Morgan fingerprint density at radius 3 is 2.76 bits per heavy atom. The Labute approximate surface area is 130 Å². The van der Waals surface area contributed by atoms with Crippen molar-refractivity contribution in [2.45, 2.75) is 13.8 Å². The van der Waals surface area contributed by atoms with Crippen LogP contribution in [0, 0.1) is 13.8 Å². The van der Waals surface area contributed by atoms with E-state index in [0.29, 0.717) is 17.0 Å². The quantitative estimate of drug-likeness (QED) is 0.775. The highest BCUT2D eigenvalue weighted by Gasteiger charge is 2.13. The highest BCUT2D eigenvalue weighted by atomic mass is 79.9. The minimum absolute atomic E-state index is 0.244. The molecule has 0 bridgehead atoms. The average molecular weight is 345 g/mol. The predicted octanol–water partition coefficient (Wildman–Crippen LogP) is 3.36. The molecule has 0 aliphatic carbocycles. The van der Waals surface area contributed by atoms with E-state index in [0.717, 1.165) is 15.9 Å². The Morgan fingerprint density at radius 2 is 2.00 bits per heavy atom. The summed E-state index contributed by atoms with van der Waals surface area (Å²) in [7, 11) is 0. The molecule has 2 aromatic heterocycles. The third-order valence-corrected chi connectivity index (χ3v) is 3.77. The zero-order valence-corrected chi connectivity index (χ0v) is 13.2. The topological polar surface area (TPSA) is 59.3 Å². The first-order chi connectivity index (χ1) is 10.0. The summed E-state index contributed by atoms with van der Waals surface area (Å²) < 4.78 is 2.56. The van der Waals surface area contributed by atoms with Gasteiger partial charge in [0.15, 0.2) is 5.65 Å². The maximum atomic E-state index is 12.3. The molecule has 0 aliphatic rings. The van der Waals surface area contributed by atoms with Gasteiger partial charge in [-0.3, -0.25) is 4.79 Å². The van der Waals surface area contributed by atoms with E-state index in [9.17, 15) is 4.79 Å². The first-order valence-electron chi connectivity index (χ1n) is 6.44. The van der Waals surface area contributed by atoms with Crippen LogP contribution in [0.2, 0.25) is 0 Å². The number of anilines is 1. The van der Waals surface area contributed by atoms with Gasteiger partial charge >= 0.3 is 0 Å². The zero-order valence-electron chi connectivity index (χ0n) is 11.6. The van der Waals surface area contributed by atoms with Crippen molar-refractivity contribution in [1.82, 2.24) is 14.6 Å². The number of rotatable bonds is 2. The van der Waals surface area contributed by atoms with E-state index in [1.54, 1.807) is 10.6 Å². The largest absolute Gasteiger partial charge is 0.320 e. The van der Waals surface area contributed by atoms with Crippen molar-refractivity contribution in [3.8, 4) is 0 Å². The van der Waals surface area contributed by atoms with Crippen molar-refractivity contribution in [1.29, 1.82) is 0 Å². The number of halogens is 1. The normalized spacial score (nSPS) is 10.8. The number of benzene rings is 1. The number of carbonyl (C=O) groups excluding carboxylic acids is 1. The molecular formula is C15H13BrN4O. The van der Waals surface area contributed by atoms with Crippen LogP contribution in [0.4, 0.5) is 5.69 Å². The summed E-state index contributed by atoms with van der Waals surface area (Å²) in [4.78, 5) is 16.7. The number of nitrogens with zero attached hydrogens (tertiary/aromatic N) is 3. The number of aryl methyl sites for hydroxylation is 2. The monoisotopic (exact) mass is 344 g/mol. The summed E-state index contributed by atoms with van der Waals surface area (Å²) in [6, 6.07) is 11.0. The Hall–Kier alpha value is -2.21. The van der Waals surface area contributed by atoms with Crippen LogP contribution in [0.1, 0.15) is 21.9 Å². The molecule has 21 heavy (non-hydrogen) atoms. The summed E-state index contributed by atoms with van der Waals surface area (Å²) in [6.45, 7) is 3.80. The van der Waals surface area contributed by atoms with Gasteiger partial charge in [0.25, 0.3) is 5.91 Å². The van der Waals surface area contributed by atoms with E-state index in [-0.39, 0.29) is 5.91 Å². The maximum absolute atomic E-state index is 12.3. The highest BCUT2D eigenvalue weighted by molar-refractivity contribution is 9.10. The number of aromatic nitrogens is 3. The second kappa shape index (κ2) is 5.29. The van der Waals surface area contributed by atoms with Gasteiger partial charge in [0.1, 0.15) is 5.69 Å². The number of hydrogen-bond donors (Lipinski definition) is 1. The number of carbonyl (C=O) groups is 1. The van der Waals surface area contributed by atoms with Crippen LogP contribution in [-0.4, -0.2) is 20.5 Å². The van der Waals surface area contributed by atoms with Gasteiger partial charge in [-0.15, -0.1) is 0 Å². The van der Waals surface area contributed by atoms with E-state index < -0.39 is 0 Å². The number of amides is 1. The van der Waals surface area contributed by atoms with Crippen molar-refractivity contribution in [2.75, 3.05) is 5.32 Å². The fourth-order valence-electron chi connectivity index (χ4n) is 2.10. The van der Waals surface area contributed by atoms with Crippen LogP contribution < -0.4 is 5.32 Å². The molecule has 0 radical (unpaired) electrons. The summed E-state index contributed by atoms with van der Waals surface area (Å²) in [6.07, 6.45) is 0. The fraction of sp³-hybridized carbons (Fsp3) is 0.133. The molecule has 1 N–H and O–H groups in total. The second-order valence-corrected chi connectivity index (χ2v) is 5.63. The van der Waals surface area contributed by atoms with Gasteiger partial charge in [-0.1, -0.05) is 12.1 Å². The van der Waals surface area contributed by atoms with Crippen LogP contribution in [0.3, 0.4) is 0 Å². The fourth-order valence-corrected chi connectivity index (χ4v) is 2.49. The lowest BCUT2D eigenvalue weighted by molar-refractivity contribution is 0.102. The molecule has 0 saturated carbocycles. The van der Waals surface area contributed by atoms with Gasteiger partial charge in [0.2, 0.25) is 0 Å². The van der Waals surface area contributed by atoms with Crippen molar-refractivity contribution < 1.29 is 4.79 Å². The summed E-state index contributed by atoms with van der Waals surface area (Å²) in [5.74, 6) is -0.244. The molecule has 6 heteroatoms. The SMILES string of the molecule is Cc1cc2nc(C(=O)Nc3ccccc3Br)cc(C)n2n1. The van der Waals surface area contributed by atoms with Crippen LogP contribution in [0.25, 0.3) is 5.65 Å². The van der Waals surface area contributed by atoms with Crippen molar-refractivity contribution >= 4 is 33.2 Å². The third kappa shape index (κ3) is 2.67. The Morgan fingerprint density at radius 1 is 1.24 bits per heavy atom. The molecule has 0 atom stereocenters. The molecule has 1 amide bonds. The van der Waals surface area contributed by atoms with Gasteiger partial charge in [-0.25, -0.2) is 9.50 Å². The molecule has 0 aliphatic heterocycles. The molecule has 0 unspecified atom stereocenters. The van der Waals surface area contributed by atoms with E-state index in [1.807, 2.05) is 44.2 Å². The van der Waals surface area contributed by atoms with Gasteiger partial charge in [0.05, 0.1) is 11.4 Å². The number of fused-ring (bicyclic) bond motifs is 1. The lowest BCUT2D eigenvalue weighted by Crippen LogP contribution is -2.15. The third-order valence-electron chi connectivity index (χ3n) is 3.08.